The molecule has 1 aliphatic rings. The molecule has 38 heavy (non-hydrogen) atoms. The number of piperidine rings is 1. The Morgan fingerprint density at radius 1 is 0.974 bits per heavy atom. The monoisotopic (exact) mass is 579 g/mol. The second-order valence-corrected chi connectivity index (χ2v) is 10.3. The van der Waals surface area contributed by atoms with Crippen molar-refractivity contribution in [3.05, 3.63) is 87.9 Å². The lowest BCUT2D eigenvalue weighted by Gasteiger charge is -2.32. The maximum absolute atomic E-state index is 13.2. The summed E-state index contributed by atoms with van der Waals surface area (Å²) >= 11 is 3.53. The van der Waals surface area contributed by atoms with Crippen LogP contribution in [0.2, 0.25) is 0 Å². The number of anilines is 1. The molecule has 1 atom stereocenters. The minimum atomic E-state index is -0.221. The lowest BCUT2D eigenvalue weighted by Crippen LogP contribution is -2.40. The maximum atomic E-state index is 13.2. The van der Waals surface area contributed by atoms with Crippen LogP contribution < -0.4 is 20.1 Å². The summed E-state index contributed by atoms with van der Waals surface area (Å²) in [4.78, 5) is 28.5. The van der Waals surface area contributed by atoms with Crippen LogP contribution in [0.25, 0.3) is 0 Å². The topological polar surface area (TPSA) is 79.9 Å². The lowest BCUT2D eigenvalue weighted by molar-refractivity contribution is -0.121. The molecule has 0 saturated carbocycles. The first kappa shape index (κ1) is 27.7. The molecule has 1 aliphatic heterocycles. The van der Waals surface area contributed by atoms with Crippen molar-refractivity contribution >= 4 is 33.4 Å². The molecule has 3 aromatic carbocycles. The molecule has 0 bridgehead atoms. The normalized spacial score (nSPS) is 15.5. The predicted octanol–water partition coefficient (Wildman–Crippen LogP) is 5.29. The summed E-state index contributed by atoms with van der Waals surface area (Å²) in [6, 6.07) is 21.1. The third-order valence-electron chi connectivity index (χ3n) is 6.75. The Hall–Kier alpha value is -3.36. The summed E-state index contributed by atoms with van der Waals surface area (Å²) < 4.78 is 11.7. The summed E-state index contributed by atoms with van der Waals surface area (Å²) in [5, 5.41) is 6.00. The Kier molecular flexibility index (Phi) is 9.79. The summed E-state index contributed by atoms with van der Waals surface area (Å²) in [6.07, 6.45) is 2.43. The number of carbonyl (C=O) groups is 2. The van der Waals surface area contributed by atoms with Gasteiger partial charge in [-0.3, -0.25) is 14.5 Å². The average Bonchev–Trinajstić information content (AvgIpc) is 2.93. The van der Waals surface area contributed by atoms with Gasteiger partial charge in [0.05, 0.1) is 31.4 Å². The van der Waals surface area contributed by atoms with E-state index in [4.69, 9.17) is 9.47 Å². The molecular formula is C30H34BrN3O4. The Labute approximate surface area is 232 Å². The number of halogens is 1. The van der Waals surface area contributed by atoms with Crippen LogP contribution in [0.5, 0.6) is 11.5 Å². The Balaban J connectivity index is 1.33. The number of benzene rings is 3. The van der Waals surface area contributed by atoms with Gasteiger partial charge in [0.25, 0.3) is 5.91 Å². The van der Waals surface area contributed by atoms with Crippen molar-refractivity contribution in [1.29, 1.82) is 0 Å². The molecule has 0 radical (unpaired) electrons. The highest BCUT2D eigenvalue weighted by atomic mass is 79.9. The highest BCUT2D eigenvalue weighted by molar-refractivity contribution is 9.10. The first-order chi connectivity index (χ1) is 18.5. The molecular weight excluding hydrogens is 546 g/mol. The molecule has 1 unspecified atom stereocenters. The number of nitrogens with one attached hydrogen (secondary N) is 2. The van der Waals surface area contributed by atoms with Crippen LogP contribution in [0.3, 0.4) is 0 Å². The van der Waals surface area contributed by atoms with E-state index in [1.54, 1.807) is 32.4 Å². The number of hydrogen-bond acceptors (Lipinski definition) is 5. The fourth-order valence-electron chi connectivity index (χ4n) is 4.78. The SMILES string of the molecule is COc1ccc(CCNC(=O)c2ccccc2NC(=O)C2CCCN(Cc3cccc(Br)c3)C2)cc1OC. The Morgan fingerprint density at radius 2 is 1.79 bits per heavy atom. The van der Waals surface area contributed by atoms with Crippen molar-refractivity contribution in [2.75, 3.05) is 39.2 Å². The van der Waals surface area contributed by atoms with Gasteiger partial charge in [-0.1, -0.05) is 46.3 Å². The molecule has 0 spiro atoms. The van der Waals surface area contributed by atoms with Crippen molar-refractivity contribution in [3.63, 3.8) is 0 Å². The molecule has 8 heteroatoms. The summed E-state index contributed by atoms with van der Waals surface area (Å²) in [5.41, 5.74) is 3.23. The second-order valence-electron chi connectivity index (χ2n) is 9.43. The van der Waals surface area contributed by atoms with Crippen molar-refractivity contribution in [3.8, 4) is 11.5 Å². The molecule has 200 valence electrons. The summed E-state index contributed by atoms with van der Waals surface area (Å²) in [5.74, 6) is 0.925. The molecule has 0 aromatic heterocycles. The summed E-state index contributed by atoms with van der Waals surface area (Å²) in [6.45, 7) is 2.92. The van der Waals surface area contributed by atoms with Gasteiger partial charge in [-0.05, 0) is 73.3 Å². The largest absolute Gasteiger partial charge is 0.493 e. The van der Waals surface area contributed by atoms with Crippen molar-refractivity contribution in [2.45, 2.75) is 25.8 Å². The van der Waals surface area contributed by atoms with Gasteiger partial charge in [0.2, 0.25) is 5.91 Å². The van der Waals surface area contributed by atoms with E-state index < -0.39 is 0 Å². The fourth-order valence-corrected chi connectivity index (χ4v) is 5.23. The molecule has 7 nitrogen and oxygen atoms in total. The van der Waals surface area contributed by atoms with Gasteiger partial charge in [-0.2, -0.15) is 0 Å². The van der Waals surface area contributed by atoms with E-state index in [2.05, 4.69) is 43.6 Å². The van der Waals surface area contributed by atoms with Crippen LogP contribution in [0.1, 0.15) is 34.3 Å². The van der Waals surface area contributed by atoms with E-state index >= 15 is 0 Å². The zero-order valence-corrected chi connectivity index (χ0v) is 23.4. The van der Waals surface area contributed by atoms with Crippen LogP contribution in [-0.4, -0.2) is 50.6 Å². The van der Waals surface area contributed by atoms with Crippen molar-refractivity contribution < 1.29 is 19.1 Å². The number of rotatable bonds is 10. The minimum Gasteiger partial charge on any atom is -0.493 e. The molecule has 2 N–H and O–H groups in total. The number of carbonyl (C=O) groups excluding carboxylic acids is 2. The molecule has 2 amide bonds. The number of hydrogen-bond donors (Lipinski definition) is 2. The smallest absolute Gasteiger partial charge is 0.253 e. The van der Waals surface area contributed by atoms with E-state index in [1.807, 2.05) is 36.4 Å². The first-order valence-electron chi connectivity index (χ1n) is 12.8. The van der Waals surface area contributed by atoms with Crippen LogP contribution in [0, 0.1) is 5.92 Å². The highest BCUT2D eigenvalue weighted by Crippen LogP contribution is 2.28. The van der Waals surface area contributed by atoms with Crippen LogP contribution >= 0.6 is 15.9 Å². The number of para-hydroxylation sites is 1. The van der Waals surface area contributed by atoms with Gasteiger partial charge in [-0.25, -0.2) is 0 Å². The van der Waals surface area contributed by atoms with Gasteiger partial charge in [0, 0.05) is 24.1 Å². The quantitative estimate of drug-likeness (QED) is 0.341. The third-order valence-corrected chi connectivity index (χ3v) is 7.24. The molecule has 1 saturated heterocycles. The van der Waals surface area contributed by atoms with E-state index in [1.165, 1.54) is 5.56 Å². The van der Waals surface area contributed by atoms with Crippen LogP contribution in [0.15, 0.2) is 71.2 Å². The van der Waals surface area contributed by atoms with Crippen LogP contribution in [-0.2, 0) is 17.8 Å². The van der Waals surface area contributed by atoms with Gasteiger partial charge >= 0.3 is 0 Å². The molecule has 3 aromatic rings. The van der Waals surface area contributed by atoms with Crippen molar-refractivity contribution in [2.24, 2.45) is 5.92 Å². The predicted molar refractivity (Wildman–Crippen MR) is 153 cm³/mol. The Bertz CT molecular complexity index is 1270. The Morgan fingerprint density at radius 3 is 2.58 bits per heavy atom. The van der Waals surface area contributed by atoms with Gasteiger partial charge in [-0.15, -0.1) is 0 Å². The third kappa shape index (κ3) is 7.36. The minimum absolute atomic E-state index is 0.0467. The number of amides is 2. The first-order valence-corrected chi connectivity index (χ1v) is 13.6. The van der Waals surface area contributed by atoms with Crippen molar-refractivity contribution in [1.82, 2.24) is 10.2 Å². The fraction of sp³-hybridized carbons (Fsp3) is 0.333. The van der Waals surface area contributed by atoms with E-state index in [0.29, 0.717) is 42.3 Å². The number of methoxy groups -OCH3 is 2. The standard InChI is InChI=1S/C30H34BrN3O4/c1-37-27-13-12-21(18-28(27)38-2)14-15-32-30(36)25-10-3-4-11-26(25)33-29(35)23-8-6-16-34(20-23)19-22-7-5-9-24(31)17-22/h3-5,7,9-13,17-18,23H,6,8,14-16,19-20H2,1-2H3,(H,32,36)(H,33,35). The number of nitrogens with zero attached hydrogens (tertiary/aromatic N) is 1. The molecule has 1 fully saturated rings. The summed E-state index contributed by atoms with van der Waals surface area (Å²) in [7, 11) is 3.20. The second kappa shape index (κ2) is 13.4. The number of ether oxygens (including phenoxy) is 2. The maximum Gasteiger partial charge on any atom is 0.253 e. The zero-order valence-electron chi connectivity index (χ0n) is 21.8. The zero-order chi connectivity index (χ0) is 26.9. The van der Waals surface area contributed by atoms with E-state index in [-0.39, 0.29) is 17.7 Å². The molecule has 1 heterocycles. The molecule has 4 rings (SSSR count). The number of likely N-dealkylation sites (tertiary alicyclic amines) is 1. The average molecular weight is 581 g/mol. The van der Waals surface area contributed by atoms with E-state index in [9.17, 15) is 9.59 Å². The van der Waals surface area contributed by atoms with Gasteiger partial charge < -0.3 is 20.1 Å². The lowest BCUT2D eigenvalue weighted by atomic mass is 9.96. The van der Waals surface area contributed by atoms with E-state index in [0.717, 1.165) is 36.0 Å². The highest BCUT2D eigenvalue weighted by Gasteiger charge is 2.26. The van der Waals surface area contributed by atoms with Gasteiger partial charge in [0.15, 0.2) is 11.5 Å². The molecule has 0 aliphatic carbocycles. The van der Waals surface area contributed by atoms with Crippen LogP contribution in [0.4, 0.5) is 5.69 Å². The van der Waals surface area contributed by atoms with Gasteiger partial charge in [0.1, 0.15) is 0 Å².